The van der Waals surface area contributed by atoms with Gasteiger partial charge in [-0.2, -0.15) is 5.10 Å². The molecular formula is C31H28FN7. The molecule has 7 nitrogen and oxygen atoms in total. The first-order chi connectivity index (χ1) is 19.1. The zero-order chi connectivity index (χ0) is 26.3. The molecule has 0 saturated carbocycles. The van der Waals surface area contributed by atoms with Gasteiger partial charge >= 0.3 is 0 Å². The molecule has 8 heteroatoms. The number of aryl methyl sites for hydroxylation is 1. The van der Waals surface area contributed by atoms with Gasteiger partial charge in [0.1, 0.15) is 22.7 Å². The number of rotatable bonds is 5. The molecule has 7 rings (SSSR count). The van der Waals surface area contributed by atoms with E-state index in [0.29, 0.717) is 11.3 Å². The predicted octanol–water partition coefficient (Wildman–Crippen LogP) is 6.66. The summed E-state index contributed by atoms with van der Waals surface area (Å²) in [6.07, 6.45) is 9.41. The summed E-state index contributed by atoms with van der Waals surface area (Å²) >= 11 is 0. The van der Waals surface area contributed by atoms with Crippen molar-refractivity contribution >= 4 is 22.1 Å². The van der Waals surface area contributed by atoms with Crippen LogP contribution in [0.1, 0.15) is 30.4 Å². The highest BCUT2D eigenvalue weighted by Gasteiger charge is 2.17. The molecule has 1 fully saturated rings. The Morgan fingerprint density at radius 2 is 1.85 bits per heavy atom. The van der Waals surface area contributed by atoms with Crippen molar-refractivity contribution in [2.45, 2.75) is 32.7 Å². The number of nitrogens with zero attached hydrogens (tertiary/aromatic N) is 5. The smallest absolute Gasteiger partial charge is 0.138 e. The number of hydrogen-bond acceptors (Lipinski definition) is 5. The molecule has 1 aromatic carbocycles. The maximum Gasteiger partial charge on any atom is 0.138 e. The van der Waals surface area contributed by atoms with Gasteiger partial charge in [0.2, 0.25) is 0 Å². The summed E-state index contributed by atoms with van der Waals surface area (Å²) in [7, 11) is 0. The van der Waals surface area contributed by atoms with Crippen molar-refractivity contribution in [3.05, 3.63) is 84.1 Å². The maximum absolute atomic E-state index is 14.2. The lowest BCUT2D eigenvalue weighted by molar-refractivity contribution is 0.220. The second-order valence-electron chi connectivity index (χ2n) is 10.4. The lowest BCUT2D eigenvalue weighted by atomic mass is 10.0. The average Bonchev–Trinajstić information content (AvgIpc) is 3.57. The lowest BCUT2D eigenvalue weighted by Crippen LogP contribution is -2.29. The Labute approximate surface area is 225 Å². The number of fused-ring (bicyclic) bond motifs is 2. The largest absolute Gasteiger partial charge is 0.338 e. The van der Waals surface area contributed by atoms with E-state index in [-0.39, 0.29) is 5.82 Å². The predicted molar refractivity (Wildman–Crippen MR) is 151 cm³/mol. The molecule has 0 amide bonds. The molecule has 0 spiro atoms. The van der Waals surface area contributed by atoms with Crippen molar-refractivity contribution in [1.82, 2.24) is 35.0 Å². The summed E-state index contributed by atoms with van der Waals surface area (Å²) in [6, 6.07) is 15.2. The third kappa shape index (κ3) is 4.57. The van der Waals surface area contributed by atoms with Crippen LogP contribution < -0.4 is 0 Å². The summed E-state index contributed by atoms with van der Waals surface area (Å²) in [6.45, 7) is 5.10. The van der Waals surface area contributed by atoms with Crippen LogP contribution in [0.15, 0.2) is 67.1 Å². The average molecular weight is 518 g/mol. The van der Waals surface area contributed by atoms with Crippen molar-refractivity contribution in [1.29, 1.82) is 0 Å². The molecule has 2 N–H and O–H groups in total. The molecule has 1 saturated heterocycles. The molecule has 0 bridgehead atoms. The second kappa shape index (κ2) is 9.71. The van der Waals surface area contributed by atoms with Gasteiger partial charge in [-0.1, -0.05) is 12.5 Å². The highest BCUT2D eigenvalue weighted by Crippen LogP contribution is 2.34. The van der Waals surface area contributed by atoms with E-state index >= 15 is 0 Å². The number of likely N-dealkylation sites (tertiary alicyclic amines) is 1. The molecule has 194 valence electrons. The van der Waals surface area contributed by atoms with Gasteiger partial charge in [0.15, 0.2) is 0 Å². The first-order valence-corrected chi connectivity index (χ1v) is 13.4. The molecule has 1 aliphatic rings. The van der Waals surface area contributed by atoms with E-state index in [4.69, 9.17) is 4.98 Å². The highest BCUT2D eigenvalue weighted by atomic mass is 19.1. The summed E-state index contributed by atoms with van der Waals surface area (Å²) in [4.78, 5) is 20.0. The molecule has 0 aliphatic carbocycles. The summed E-state index contributed by atoms with van der Waals surface area (Å²) in [5.41, 5.74) is 9.47. The first-order valence-electron chi connectivity index (χ1n) is 13.4. The van der Waals surface area contributed by atoms with E-state index < -0.39 is 0 Å². The molecule has 0 atom stereocenters. The molecule has 0 unspecified atom stereocenters. The zero-order valence-electron chi connectivity index (χ0n) is 21.7. The van der Waals surface area contributed by atoms with Crippen molar-refractivity contribution in [3.63, 3.8) is 0 Å². The summed E-state index contributed by atoms with van der Waals surface area (Å²) in [5.74, 6) is -0.254. The number of piperidine rings is 1. The number of pyridine rings is 3. The van der Waals surface area contributed by atoms with Gasteiger partial charge in [0.05, 0.1) is 16.9 Å². The van der Waals surface area contributed by atoms with Gasteiger partial charge in [-0.3, -0.25) is 15.0 Å². The third-order valence-electron chi connectivity index (χ3n) is 7.49. The monoisotopic (exact) mass is 517 g/mol. The zero-order valence-corrected chi connectivity index (χ0v) is 21.7. The standard InChI is InChI=1S/C31H28FN7/c1-19-11-21(14-23(32)12-19)24-7-8-34-31-25(24)15-28(36-31)30-29-27(37-38-30)6-5-26(35-29)22-13-20(16-33-17-22)18-39-9-3-2-4-10-39/h5-8,11-17H,2-4,9-10,18H2,1H3,(H,34,36)(H,37,38). The molecule has 0 radical (unpaired) electrons. The van der Waals surface area contributed by atoms with E-state index in [2.05, 4.69) is 36.1 Å². The minimum absolute atomic E-state index is 0.254. The molecule has 39 heavy (non-hydrogen) atoms. The van der Waals surface area contributed by atoms with Gasteiger partial charge in [-0.05, 0) is 97.6 Å². The number of halogens is 1. The maximum atomic E-state index is 14.2. The Morgan fingerprint density at radius 1 is 0.949 bits per heavy atom. The fraction of sp³-hybridized carbons (Fsp3) is 0.226. The number of hydrogen-bond donors (Lipinski definition) is 2. The van der Waals surface area contributed by atoms with Gasteiger partial charge in [-0.25, -0.2) is 14.4 Å². The van der Waals surface area contributed by atoms with E-state index in [0.717, 1.165) is 69.7 Å². The SMILES string of the molecule is Cc1cc(F)cc(-c2ccnc3[nH]c(-c4n[nH]c5ccc(-c6cncc(CN7CCCCC7)c6)nc45)cc23)c1. The normalized spacial score (nSPS) is 14.4. The van der Waals surface area contributed by atoms with Crippen molar-refractivity contribution < 1.29 is 4.39 Å². The van der Waals surface area contributed by atoms with E-state index in [1.54, 1.807) is 12.3 Å². The Bertz CT molecular complexity index is 1790. The third-order valence-corrected chi connectivity index (χ3v) is 7.49. The fourth-order valence-corrected chi connectivity index (χ4v) is 5.64. The Morgan fingerprint density at radius 3 is 2.72 bits per heavy atom. The highest BCUT2D eigenvalue weighted by molar-refractivity contribution is 5.99. The minimum atomic E-state index is -0.254. The minimum Gasteiger partial charge on any atom is -0.338 e. The van der Waals surface area contributed by atoms with Crippen molar-refractivity contribution in [2.75, 3.05) is 13.1 Å². The quantitative estimate of drug-likeness (QED) is 0.267. The topological polar surface area (TPSA) is 86.4 Å². The van der Waals surface area contributed by atoms with Crippen LogP contribution in [0.3, 0.4) is 0 Å². The Hall–Kier alpha value is -4.43. The van der Waals surface area contributed by atoms with E-state index in [1.807, 2.05) is 49.6 Å². The van der Waals surface area contributed by atoms with Crippen LogP contribution in [0.2, 0.25) is 0 Å². The molecular weight excluding hydrogens is 489 g/mol. The van der Waals surface area contributed by atoms with Crippen LogP contribution in [0, 0.1) is 12.7 Å². The summed E-state index contributed by atoms with van der Waals surface area (Å²) < 4.78 is 14.2. The molecule has 6 heterocycles. The molecule has 1 aliphatic heterocycles. The number of nitrogens with one attached hydrogen (secondary N) is 2. The number of aromatic nitrogens is 6. The Balaban J connectivity index is 1.26. The molecule has 6 aromatic rings. The first kappa shape index (κ1) is 23.7. The number of benzene rings is 1. The van der Waals surface area contributed by atoms with E-state index in [1.165, 1.54) is 30.9 Å². The second-order valence-corrected chi connectivity index (χ2v) is 10.4. The molecule has 5 aromatic heterocycles. The fourth-order valence-electron chi connectivity index (χ4n) is 5.64. The van der Waals surface area contributed by atoms with Gasteiger partial charge < -0.3 is 4.98 Å². The van der Waals surface area contributed by atoms with Crippen LogP contribution >= 0.6 is 0 Å². The van der Waals surface area contributed by atoms with Crippen LogP contribution in [-0.2, 0) is 6.54 Å². The van der Waals surface area contributed by atoms with Crippen molar-refractivity contribution in [3.8, 4) is 33.8 Å². The van der Waals surface area contributed by atoms with Gasteiger partial charge in [0, 0.05) is 36.1 Å². The van der Waals surface area contributed by atoms with Crippen LogP contribution in [0.4, 0.5) is 4.39 Å². The van der Waals surface area contributed by atoms with Crippen LogP contribution in [-0.4, -0.2) is 48.1 Å². The van der Waals surface area contributed by atoms with Crippen LogP contribution in [0.25, 0.3) is 55.8 Å². The lowest BCUT2D eigenvalue weighted by Gasteiger charge is -2.26. The van der Waals surface area contributed by atoms with Crippen molar-refractivity contribution in [2.24, 2.45) is 0 Å². The van der Waals surface area contributed by atoms with Crippen LogP contribution in [0.5, 0.6) is 0 Å². The van der Waals surface area contributed by atoms with Gasteiger partial charge in [-0.15, -0.1) is 0 Å². The number of H-pyrrole nitrogens is 2. The number of aromatic amines is 2. The van der Waals surface area contributed by atoms with Gasteiger partial charge in [0.25, 0.3) is 0 Å². The summed E-state index contributed by atoms with van der Waals surface area (Å²) in [5, 5.41) is 8.61. The van der Waals surface area contributed by atoms with E-state index in [9.17, 15) is 4.39 Å². The Kier molecular flexibility index (Phi) is 5.89.